The van der Waals surface area contributed by atoms with Gasteiger partial charge < -0.3 is 15.0 Å². The molecule has 0 saturated heterocycles. The van der Waals surface area contributed by atoms with E-state index in [0.29, 0.717) is 6.61 Å². The summed E-state index contributed by atoms with van der Waals surface area (Å²) in [5.74, 6) is -0.344. The Morgan fingerprint density at radius 2 is 2.14 bits per heavy atom. The highest BCUT2D eigenvalue weighted by Gasteiger charge is 2.33. The molecule has 0 spiro atoms. The van der Waals surface area contributed by atoms with Crippen LogP contribution in [0.2, 0.25) is 0 Å². The molecule has 2 amide bonds. The molecule has 0 bridgehead atoms. The first kappa shape index (κ1) is 10.8. The predicted molar refractivity (Wildman–Crippen MR) is 50.8 cm³/mol. The fourth-order valence-electron chi connectivity index (χ4n) is 1.24. The van der Waals surface area contributed by atoms with E-state index in [1.807, 2.05) is 0 Å². The van der Waals surface area contributed by atoms with Crippen LogP contribution in [0.15, 0.2) is 0 Å². The molecule has 1 aliphatic rings. The molecule has 0 aliphatic heterocycles. The second-order valence-corrected chi connectivity index (χ2v) is 3.22. The van der Waals surface area contributed by atoms with E-state index < -0.39 is 0 Å². The van der Waals surface area contributed by atoms with Gasteiger partial charge in [0.1, 0.15) is 6.54 Å². The van der Waals surface area contributed by atoms with Gasteiger partial charge in [0.25, 0.3) is 0 Å². The Morgan fingerprint density at radius 3 is 2.57 bits per heavy atom. The number of hydrogen-bond acceptors (Lipinski definition) is 3. The first-order chi connectivity index (χ1) is 6.69. The maximum Gasteiger partial charge on any atom is 0.325 e. The van der Waals surface area contributed by atoms with Crippen molar-refractivity contribution in [2.45, 2.75) is 25.8 Å². The number of hydrogen-bond donors (Lipinski definition) is 1. The third kappa shape index (κ3) is 2.90. The summed E-state index contributed by atoms with van der Waals surface area (Å²) in [7, 11) is 1.56. The first-order valence-electron chi connectivity index (χ1n) is 4.83. The molecule has 1 rings (SSSR count). The summed E-state index contributed by atoms with van der Waals surface area (Å²) in [6.45, 7) is 2.16. The van der Waals surface area contributed by atoms with Gasteiger partial charge in [-0.2, -0.15) is 0 Å². The maximum absolute atomic E-state index is 11.3. The Morgan fingerprint density at radius 1 is 1.50 bits per heavy atom. The minimum atomic E-state index is -0.344. The molecule has 5 nitrogen and oxygen atoms in total. The highest BCUT2D eigenvalue weighted by molar-refractivity contribution is 5.81. The minimum Gasteiger partial charge on any atom is -0.465 e. The lowest BCUT2D eigenvalue weighted by molar-refractivity contribution is -0.143. The third-order valence-corrected chi connectivity index (χ3v) is 2.07. The van der Waals surface area contributed by atoms with Gasteiger partial charge in [-0.15, -0.1) is 0 Å². The van der Waals surface area contributed by atoms with Crippen molar-refractivity contribution >= 4 is 12.0 Å². The van der Waals surface area contributed by atoms with Crippen molar-refractivity contribution in [2.24, 2.45) is 0 Å². The molecule has 0 aromatic rings. The zero-order valence-electron chi connectivity index (χ0n) is 8.58. The van der Waals surface area contributed by atoms with Crippen molar-refractivity contribution in [1.82, 2.24) is 10.2 Å². The van der Waals surface area contributed by atoms with Crippen LogP contribution < -0.4 is 5.32 Å². The van der Waals surface area contributed by atoms with E-state index in [4.69, 9.17) is 4.74 Å². The van der Waals surface area contributed by atoms with E-state index >= 15 is 0 Å². The van der Waals surface area contributed by atoms with E-state index in [1.54, 1.807) is 14.0 Å². The lowest BCUT2D eigenvalue weighted by Crippen LogP contribution is -2.43. The topological polar surface area (TPSA) is 58.6 Å². The molecule has 1 aliphatic carbocycles. The van der Waals surface area contributed by atoms with Gasteiger partial charge in [0.05, 0.1) is 6.61 Å². The number of nitrogens with one attached hydrogen (secondary N) is 1. The molecule has 14 heavy (non-hydrogen) atoms. The van der Waals surface area contributed by atoms with Crippen LogP contribution in [-0.4, -0.2) is 43.1 Å². The molecular formula is C9H16N2O3. The zero-order valence-corrected chi connectivity index (χ0v) is 8.58. The normalized spacial score (nSPS) is 14.7. The zero-order chi connectivity index (χ0) is 10.6. The summed E-state index contributed by atoms with van der Waals surface area (Å²) in [5, 5.41) is 2.51. The third-order valence-electron chi connectivity index (χ3n) is 2.07. The van der Waals surface area contributed by atoms with E-state index in [9.17, 15) is 9.59 Å². The molecule has 0 atom stereocenters. The largest absolute Gasteiger partial charge is 0.465 e. The molecule has 0 unspecified atom stereocenters. The smallest absolute Gasteiger partial charge is 0.325 e. The Balaban J connectivity index is 2.42. The number of rotatable bonds is 4. The monoisotopic (exact) mass is 200 g/mol. The number of urea groups is 1. The Hall–Kier alpha value is -1.26. The van der Waals surface area contributed by atoms with Crippen molar-refractivity contribution < 1.29 is 14.3 Å². The van der Waals surface area contributed by atoms with Crippen LogP contribution in [0.25, 0.3) is 0 Å². The van der Waals surface area contributed by atoms with Crippen molar-refractivity contribution in [3.8, 4) is 0 Å². The molecule has 0 aromatic carbocycles. The summed E-state index contributed by atoms with van der Waals surface area (Å²) in [5.41, 5.74) is 0. The number of carbonyl (C=O) groups excluding carboxylic acids is 2. The molecule has 0 radical (unpaired) electrons. The van der Waals surface area contributed by atoms with Gasteiger partial charge in [0, 0.05) is 13.1 Å². The van der Waals surface area contributed by atoms with E-state index in [1.165, 1.54) is 4.90 Å². The highest BCUT2D eigenvalue weighted by Crippen LogP contribution is 2.26. The molecule has 5 heteroatoms. The minimum absolute atomic E-state index is 0.0537. The summed E-state index contributed by atoms with van der Waals surface area (Å²) < 4.78 is 4.78. The van der Waals surface area contributed by atoms with E-state index in [0.717, 1.165) is 12.8 Å². The molecule has 0 aromatic heterocycles. The van der Waals surface area contributed by atoms with Crippen LogP contribution in [-0.2, 0) is 9.53 Å². The van der Waals surface area contributed by atoms with Crippen molar-refractivity contribution in [1.29, 1.82) is 0 Å². The standard InChI is InChI=1S/C9H16N2O3/c1-3-14-8(12)6-11(7-4-5-7)9(13)10-2/h7H,3-6H2,1-2H3,(H,10,13). The summed E-state index contributed by atoms with van der Waals surface area (Å²) >= 11 is 0. The van der Waals surface area contributed by atoms with Gasteiger partial charge in [-0.05, 0) is 19.8 Å². The number of ether oxygens (including phenoxy) is 1. The molecular weight excluding hydrogens is 184 g/mol. The summed E-state index contributed by atoms with van der Waals surface area (Å²) in [4.78, 5) is 24.0. The van der Waals surface area contributed by atoms with Crippen LogP contribution >= 0.6 is 0 Å². The van der Waals surface area contributed by atoms with Gasteiger partial charge in [-0.1, -0.05) is 0 Å². The highest BCUT2D eigenvalue weighted by atomic mass is 16.5. The van der Waals surface area contributed by atoms with Gasteiger partial charge >= 0.3 is 12.0 Å². The molecule has 1 N–H and O–H groups in total. The number of carbonyl (C=O) groups is 2. The predicted octanol–water partition coefficient (Wildman–Crippen LogP) is 0.353. The van der Waals surface area contributed by atoms with Crippen LogP contribution in [0.4, 0.5) is 4.79 Å². The first-order valence-corrected chi connectivity index (χ1v) is 4.83. The second kappa shape index (κ2) is 4.83. The molecule has 80 valence electrons. The van der Waals surface area contributed by atoms with Gasteiger partial charge in [0.2, 0.25) is 0 Å². The van der Waals surface area contributed by atoms with Crippen molar-refractivity contribution in [3.05, 3.63) is 0 Å². The summed E-state index contributed by atoms with van der Waals surface area (Å²) in [6.07, 6.45) is 1.96. The quantitative estimate of drug-likeness (QED) is 0.666. The lowest BCUT2D eigenvalue weighted by Gasteiger charge is -2.20. The van der Waals surface area contributed by atoms with Crippen LogP contribution in [0.3, 0.4) is 0 Å². The average molecular weight is 200 g/mol. The van der Waals surface area contributed by atoms with Gasteiger partial charge in [-0.3, -0.25) is 4.79 Å². The Bertz CT molecular complexity index is 226. The maximum atomic E-state index is 11.3. The lowest BCUT2D eigenvalue weighted by atomic mass is 10.5. The fourth-order valence-corrected chi connectivity index (χ4v) is 1.24. The second-order valence-electron chi connectivity index (χ2n) is 3.22. The van der Waals surface area contributed by atoms with Crippen LogP contribution in [0, 0.1) is 0 Å². The van der Waals surface area contributed by atoms with Crippen LogP contribution in [0.5, 0.6) is 0 Å². The summed E-state index contributed by atoms with van der Waals surface area (Å²) in [6, 6.07) is 0.0138. The number of esters is 1. The SMILES string of the molecule is CCOC(=O)CN(C(=O)NC)C1CC1. The van der Waals surface area contributed by atoms with E-state index in [2.05, 4.69) is 5.32 Å². The Kier molecular flexibility index (Phi) is 3.73. The average Bonchev–Trinajstić information content (AvgIpc) is 2.97. The molecule has 1 saturated carbocycles. The molecule has 1 fully saturated rings. The number of amides is 2. The van der Waals surface area contributed by atoms with Crippen LogP contribution in [0.1, 0.15) is 19.8 Å². The van der Waals surface area contributed by atoms with Crippen molar-refractivity contribution in [3.63, 3.8) is 0 Å². The van der Waals surface area contributed by atoms with Gasteiger partial charge in [-0.25, -0.2) is 4.79 Å². The molecule has 0 heterocycles. The fraction of sp³-hybridized carbons (Fsp3) is 0.778. The Labute approximate surface area is 83.4 Å². The van der Waals surface area contributed by atoms with Gasteiger partial charge in [0.15, 0.2) is 0 Å². The van der Waals surface area contributed by atoms with E-state index in [-0.39, 0.29) is 24.6 Å². The van der Waals surface area contributed by atoms with Crippen molar-refractivity contribution in [2.75, 3.05) is 20.2 Å². The number of nitrogens with zero attached hydrogens (tertiary/aromatic N) is 1.